The molecular weight excluding hydrogens is 528 g/mol. The van der Waals surface area contributed by atoms with Gasteiger partial charge in [-0.05, 0) is 85.3 Å². The van der Waals surface area contributed by atoms with Gasteiger partial charge in [-0.25, -0.2) is 9.59 Å². The molecule has 0 fully saturated rings. The SMILES string of the molecule is CCCN(C(=O)N(CCC)c1ccc(N(CCC)C(=O)N(CCC)c2ccc(CO)cc2)cc1)c1ccc(CO)cc1. The molecule has 42 heavy (non-hydrogen) atoms. The van der Waals surface area contributed by atoms with Crippen molar-refractivity contribution in [3.63, 3.8) is 0 Å². The van der Waals surface area contributed by atoms with Crippen LogP contribution in [-0.2, 0) is 13.2 Å². The van der Waals surface area contributed by atoms with E-state index in [0.29, 0.717) is 26.2 Å². The van der Waals surface area contributed by atoms with E-state index in [1.807, 2.05) is 100 Å². The molecule has 0 bridgehead atoms. The van der Waals surface area contributed by atoms with Gasteiger partial charge in [-0.15, -0.1) is 0 Å². The van der Waals surface area contributed by atoms with Crippen LogP contribution >= 0.6 is 0 Å². The predicted octanol–water partition coefficient (Wildman–Crippen LogP) is 7.18. The minimum atomic E-state index is -0.106. The summed E-state index contributed by atoms with van der Waals surface area (Å²) in [6, 6.07) is 22.3. The molecule has 8 heteroatoms. The smallest absolute Gasteiger partial charge is 0.328 e. The number of carbonyl (C=O) groups excluding carboxylic acids is 2. The number of aliphatic hydroxyl groups excluding tert-OH is 2. The Labute approximate surface area is 250 Å². The maximum atomic E-state index is 13.9. The lowest BCUT2D eigenvalue weighted by Crippen LogP contribution is -2.45. The molecule has 3 aromatic carbocycles. The summed E-state index contributed by atoms with van der Waals surface area (Å²) in [5, 5.41) is 18.9. The lowest BCUT2D eigenvalue weighted by atomic mass is 10.2. The molecule has 0 saturated carbocycles. The molecule has 0 aliphatic heterocycles. The van der Waals surface area contributed by atoms with Crippen molar-refractivity contribution in [2.24, 2.45) is 0 Å². The van der Waals surface area contributed by atoms with Gasteiger partial charge in [-0.3, -0.25) is 19.6 Å². The molecular formula is C34H46N4O4. The molecule has 4 amide bonds. The van der Waals surface area contributed by atoms with Crippen LogP contribution in [0.4, 0.5) is 32.3 Å². The molecule has 0 aliphatic rings. The second-order valence-electron chi connectivity index (χ2n) is 10.3. The highest BCUT2D eigenvalue weighted by Gasteiger charge is 2.25. The first-order chi connectivity index (χ1) is 20.4. The number of rotatable bonds is 14. The number of aliphatic hydroxyl groups is 2. The van der Waals surface area contributed by atoms with Gasteiger partial charge in [0, 0.05) is 48.9 Å². The summed E-state index contributed by atoms with van der Waals surface area (Å²) >= 11 is 0. The Hall–Kier alpha value is -3.88. The van der Waals surface area contributed by atoms with Crippen molar-refractivity contribution in [2.45, 2.75) is 66.6 Å². The van der Waals surface area contributed by atoms with Crippen LogP contribution in [0.5, 0.6) is 0 Å². The summed E-state index contributed by atoms with van der Waals surface area (Å²) in [6.07, 6.45) is 3.19. The molecule has 2 N–H and O–H groups in total. The monoisotopic (exact) mass is 574 g/mol. The fourth-order valence-electron chi connectivity index (χ4n) is 4.90. The van der Waals surface area contributed by atoms with Crippen LogP contribution in [0.15, 0.2) is 72.8 Å². The Morgan fingerprint density at radius 1 is 0.452 bits per heavy atom. The number of carbonyl (C=O) groups is 2. The van der Waals surface area contributed by atoms with Gasteiger partial charge in [0.2, 0.25) is 0 Å². The standard InChI is InChI=1S/C34H46N4O4/c1-5-21-35(29-13-9-27(25-39)10-14-29)33(41)37(23-7-3)31-17-19-32(20-18-31)38(24-8-4)34(42)36(22-6-2)30-15-11-28(26-40)12-16-30/h9-20,39-40H,5-8,21-26H2,1-4H3. The maximum absolute atomic E-state index is 13.9. The van der Waals surface area contributed by atoms with Gasteiger partial charge in [-0.2, -0.15) is 0 Å². The summed E-state index contributed by atoms with van der Waals surface area (Å²) in [5.41, 5.74) is 4.73. The minimum Gasteiger partial charge on any atom is -0.392 e. The first kappa shape index (κ1) is 32.6. The van der Waals surface area contributed by atoms with Gasteiger partial charge < -0.3 is 10.2 Å². The second kappa shape index (κ2) is 16.5. The van der Waals surface area contributed by atoms with Gasteiger partial charge in [0.15, 0.2) is 0 Å². The Balaban J connectivity index is 1.90. The van der Waals surface area contributed by atoms with Crippen LogP contribution in [0.25, 0.3) is 0 Å². The minimum absolute atomic E-state index is 0.0416. The highest BCUT2D eigenvalue weighted by atomic mass is 16.3. The van der Waals surface area contributed by atoms with Crippen molar-refractivity contribution in [2.75, 3.05) is 45.8 Å². The van der Waals surface area contributed by atoms with E-state index < -0.39 is 0 Å². The molecule has 0 aliphatic carbocycles. The Bertz CT molecular complexity index is 1150. The fraction of sp³-hybridized carbons (Fsp3) is 0.412. The normalized spacial score (nSPS) is 10.8. The first-order valence-electron chi connectivity index (χ1n) is 15.1. The quantitative estimate of drug-likeness (QED) is 0.214. The van der Waals surface area contributed by atoms with E-state index in [2.05, 4.69) is 0 Å². The van der Waals surface area contributed by atoms with Gasteiger partial charge in [-0.1, -0.05) is 52.0 Å². The van der Waals surface area contributed by atoms with Crippen LogP contribution < -0.4 is 19.6 Å². The van der Waals surface area contributed by atoms with Gasteiger partial charge >= 0.3 is 12.1 Å². The highest BCUT2D eigenvalue weighted by molar-refractivity contribution is 6.05. The van der Waals surface area contributed by atoms with Crippen LogP contribution in [0.3, 0.4) is 0 Å². The summed E-state index contributed by atoms with van der Waals surface area (Å²) < 4.78 is 0. The van der Waals surface area contributed by atoms with Crippen molar-refractivity contribution in [3.05, 3.63) is 83.9 Å². The molecule has 0 spiro atoms. The van der Waals surface area contributed by atoms with Gasteiger partial charge in [0.05, 0.1) is 13.2 Å². The van der Waals surface area contributed by atoms with E-state index in [0.717, 1.165) is 59.6 Å². The van der Waals surface area contributed by atoms with E-state index in [9.17, 15) is 19.8 Å². The predicted molar refractivity (Wildman–Crippen MR) is 173 cm³/mol. The zero-order valence-electron chi connectivity index (χ0n) is 25.5. The van der Waals surface area contributed by atoms with Crippen molar-refractivity contribution >= 4 is 34.8 Å². The Morgan fingerprint density at radius 2 is 0.667 bits per heavy atom. The van der Waals surface area contributed by atoms with Gasteiger partial charge in [0.25, 0.3) is 0 Å². The average molecular weight is 575 g/mol. The zero-order chi connectivity index (χ0) is 30.5. The summed E-state index contributed by atoms with van der Waals surface area (Å²) in [4.78, 5) is 34.9. The number of benzene rings is 3. The Kier molecular flexibility index (Phi) is 12.8. The topological polar surface area (TPSA) is 87.6 Å². The van der Waals surface area contributed by atoms with E-state index >= 15 is 0 Å². The zero-order valence-corrected chi connectivity index (χ0v) is 25.5. The third-order valence-corrected chi connectivity index (χ3v) is 7.05. The molecule has 3 rings (SSSR count). The molecule has 0 saturated heterocycles. The molecule has 3 aromatic rings. The summed E-state index contributed by atoms with van der Waals surface area (Å²) in [6.45, 7) is 10.4. The summed E-state index contributed by atoms with van der Waals surface area (Å²) in [7, 11) is 0. The first-order valence-corrected chi connectivity index (χ1v) is 15.1. The second-order valence-corrected chi connectivity index (χ2v) is 10.3. The van der Waals surface area contributed by atoms with Crippen molar-refractivity contribution in [1.82, 2.24) is 0 Å². The van der Waals surface area contributed by atoms with Crippen molar-refractivity contribution in [3.8, 4) is 0 Å². The molecule has 0 heterocycles. The molecule has 226 valence electrons. The fourth-order valence-corrected chi connectivity index (χ4v) is 4.90. The van der Waals surface area contributed by atoms with Crippen LogP contribution in [0.2, 0.25) is 0 Å². The van der Waals surface area contributed by atoms with E-state index in [-0.39, 0.29) is 25.3 Å². The number of urea groups is 2. The lowest BCUT2D eigenvalue weighted by molar-refractivity contribution is 0.250. The number of amides is 4. The van der Waals surface area contributed by atoms with Crippen molar-refractivity contribution in [1.29, 1.82) is 0 Å². The number of nitrogens with zero attached hydrogens (tertiary/aromatic N) is 4. The van der Waals surface area contributed by atoms with Crippen molar-refractivity contribution < 1.29 is 19.8 Å². The van der Waals surface area contributed by atoms with E-state index in [1.54, 1.807) is 19.6 Å². The van der Waals surface area contributed by atoms with Crippen LogP contribution in [0, 0.1) is 0 Å². The number of hydrogen-bond donors (Lipinski definition) is 2. The number of anilines is 4. The molecule has 0 radical (unpaired) electrons. The van der Waals surface area contributed by atoms with Gasteiger partial charge in [0.1, 0.15) is 0 Å². The highest BCUT2D eigenvalue weighted by Crippen LogP contribution is 2.27. The maximum Gasteiger partial charge on any atom is 0.328 e. The van der Waals surface area contributed by atoms with Crippen LogP contribution in [0.1, 0.15) is 64.5 Å². The number of hydrogen-bond acceptors (Lipinski definition) is 4. The van der Waals surface area contributed by atoms with E-state index in [1.165, 1.54) is 0 Å². The van der Waals surface area contributed by atoms with Crippen LogP contribution in [-0.4, -0.2) is 48.5 Å². The Morgan fingerprint density at radius 3 is 0.857 bits per heavy atom. The largest absolute Gasteiger partial charge is 0.392 e. The lowest BCUT2D eigenvalue weighted by Gasteiger charge is -2.32. The average Bonchev–Trinajstić information content (AvgIpc) is 3.03. The molecule has 8 nitrogen and oxygen atoms in total. The molecule has 0 aromatic heterocycles. The summed E-state index contributed by atoms with van der Waals surface area (Å²) in [5.74, 6) is 0. The third kappa shape index (κ3) is 8.11. The molecule has 0 unspecified atom stereocenters. The molecule has 0 atom stereocenters. The van der Waals surface area contributed by atoms with E-state index in [4.69, 9.17) is 0 Å². The third-order valence-electron chi connectivity index (χ3n) is 7.05.